The molecule has 0 spiro atoms. The van der Waals surface area contributed by atoms with Gasteiger partial charge in [0.2, 0.25) is 0 Å². The fraction of sp³-hybridized carbons (Fsp3) is 0. The zero-order chi connectivity index (χ0) is 55.4. The zero-order valence-corrected chi connectivity index (χ0v) is 46.5. The van der Waals surface area contributed by atoms with Gasteiger partial charge in [0.25, 0.3) is 0 Å². The van der Waals surface area contributed by atoms with Gasteiger partial charge in [0.1, 0.15) is 0 Å². The monoisotopic (exact) mass is 1100 g/mol. The first-order chi connectivity index (χ1) is 41.6. The van der Waals surface area contributed by atoms with Crippen molar-refractivity contribution in [2.75, 3.05) is 0 Å². The van der Waals surface area contributed by atoms with Gasteiger partial charge in [-0.25, -0.2) is 19.8 Å². The van der Waals surface area contributed by atoms with Crippen LogP contribution in [0, 0.1) is 6.57 Å². The molecule has 5 aromatic heterocycles. The van der Waals surface area contributed by atoms with Crippen molar-refractivity contribution in [2.24, 2.45) is 0 Å². The van der Waals surface area contributed by atoms with Gasteiger partial charge in [-0.2, -0.15) is 0 Å². The average molecular weight is 1110 g/mol. The number of aromatic nitrogens is 5. The number of fused-ring (bicyclic) bond motifs is 14. The highest BCUT2D eigenvalue weighted by atomic mass is 32.1. The number of rotatable bonds is 8. The molecule has 0 unspecified atom stereocenters. The van der Waals surface area contributed by atoms with E-state index in [4.69, 9.17) is 15.0 Å². The second-order valence-electron chi connectivity index (χ2n) is 21.3. The first kappa shape index (κ1) is 47.9. The van der Waals surface area contributed by atoms with Crippen molar-refractivity contribution >= 4 is 112 Å². The molecule has 8 heteroatoms. The van der Waals surface area contributed by atoms with Crippen LogP contribution in [0.2, 0.25) is 0 Å². The number of hydrogen-bond donors (Lipinski definition) is 0. The van der Waals surface area contributed by atoms with E-state index < -0.39 is 0 Å². The molecule has 0 aliphatic carbocycles. The summed E-state index contributed by atoms with van der Waals surface area (Å²) in [5, 5.41) is 9.42. The Balaban J connectivity index is 1.12. The van der Waals surface area contributed by atoms with Gasteiger partial charge in [0, 0.05) is 84.1 Å². The van der Waals surface area contributed by atoms with Crippen molar-refractivity contribution in [3.63, 3.8) is 0 Å². The highest BCUT2D eigenvalue weighted by Gasteiger charge is 2.31. The van der Waals surface area contributed by atoms with E-state index in [1.165, 1.54) is 40.3 Å². The van der Waals surface area contributed by atoms with Gasteiger partial charge in [-0.1, -0.05) is 212 Å². The summed E-state index contributed by atoms with van der Waals surface area (Å²) in [5.74, 6) is 1.51. The summed E-state index contributed by atoms with van der Waals surface area (Å²) in [6, 6.07) is 94.8. The second kappa shape index (κ2) is 19.2. The summed E-state index contributed by atoms with van der Waals surface area (Å²) in [4.78, 5) is 20.9. The maximum Gasteiger partial charge on any atom is 0.197 e. The Labute approximate surface area is 490 Å². The molecule has 0 N–H and O–H groups in total. The SMILES string of the molecule is [C-]#[N+]c1cc(-c2nc(-c3ccccc3)nc(-c3ccccc3)n2)c(-n2c3ccc(-c4ccccc4)cc3c3c4sc5ccccc5c4ccc32)c(-n2c3ccc(-c4ccccc4)cc3c3c4sc5ccccc5c4ccc32)c1-c1ccccc1. The first-order valence-corrected chi connectivity index (χ1v) is 29.7. The van der Waals surface area contributed by atoms with Crippen molar-refractivity contribution in [3.05, 3.63) is 278 Å². The third-order valence-electron chi connectivity index (χ3n) is 16.6. The molecule has 0 aliphatic heterocycles. The lowest BCUT2D eigenvalue weighted by Crippen LogP contribution is -2.10. The molecule has 0 saturated heterocycles. The number of benzene rings is 12. The van der Waals surface area contributed by atoms with E-state index in [2.05, 4.69) is 208 Å². The van der Waals surface area contributed by atoms with Crippen LogP contribution in [0.5, 0.6) is 0 Å². The Kier molecular flexibility index (Phi) is 10.9. The lowest BCUT2D eigenvalue weighted by molar-refractivity contribution is 1.05. The summed E-state index contributed by atoms with van der Waals surface area (Å²) in [7, 11) is 0. The number of hydrogen-bond acceptors (Lipinski definition) is 5. The third kappa shape index (κ3) is 7.43. The minimum atomic E-state index is 0.446. The molecule has 17 rings (SSSR count). The topological polar surface area (TPSA) is 52.9 Å². The van der Waals surface area contributed by atoms with Gasteiger partial charge < -0.3 is 9.13 Å². The van der Waals surface area contributed by atoms with Crippen LogP contribution < -0.4 is 0 Å². The number of nitrogens with zero attached hydrogens (tertiary/aromatic N) is 6. The fourth-order valence-corrected chi connectivity index (χ4v) is 15.4. The molecule has 0 bridgehead atoms. The average Bonchev–Trinajstić information content (AvgIpc) is 1.60. The fourth-order valence-electron chi connectivity index (χ4n) is 12.8. The molecule has 6 nitrogen and oxygen atoms in total. The minimum absolute atomic E-state index is 0.446. The zero-order valence-electron chi connectivity index (χ0n) is 44.9. The van der Waals surface area contributed by atoms with Crippen molar-refractivity contribution < 1.29 is 0 Å². The van der Waals surface area contributed by atoms with Gasteiger partial charge >= 0.3 is 0 Å². The standard InChI is InChI=1S/C76H44N6S2/c1-77-60-45-59(76-79-74(49-27-13-5-14-28-49)78-75(80-76)50-29-15-6-16-30-50)70(81-61-39-35-51(46-21-7-2-8-22-46)43-57(61)68-63(81)41-37-55-53-31-17-19-33-65(53)83-72(55)68)71(67(60)48-25-11-4-12-26-48)82-62-40-36-52(47-23-9-3-10-24-47)44-58(62)69-64(82)42-38-56-54-32-18-20-34-66(54)84-73(56)69/h2-45H. The Hall–Kier alpha value is -10.8. The van der Waals surface area contributed by atoms with Crippen LogP contribution in [0.4, 0.5) is 5.69 Å². The summed E-state index contributed by atoms with van der Waals surface area (Å²) in [5.41, 5.74) is 14.8. The van der Waals surface area contributed by atoms with Crippen LogP contribution in [0.3, 0.4) is 0 Å². The van der Waals surface area contributed by atoms with Crippen molar-refractivity contribution in [1.29, 1.82) is 0 Å². The van der Waals surface area contributed by atoms with E-state index in [0.29, 0.717) is 28.7 Å². The van der Waals surface area contributed by atoms with E-state index in [1.54, 1.807) is 0 Å². The first-order valence-electron chi connectivity index (χ1n) is 28.0. The van der Waals surface area contributed by atoms with Crippen LogP contribution in [0.15, 0.2) is 267 Å². The largest absolute Gasteiger partial charge is 0.308 e. The lowest BCUT2D eigenvalue weighted by atomic mass is 9.95. The van der Waals surface area contributed by atoms with Crippen LogP contribution >= 0.6 is 22.7 Å². The third-order valence-corrected chi connectivity index (χ3v) is 19.0. The smallest absolute Gasteiger partial charge is 0.197 e. The van der Waals surface area contributed by atoms with E-state index in [1.807, 2.05) is 95.5 Å². The maximum absolute atomic E-state index is 9.40. The molecule has 0 atom stereocenters. The summed E-state index contributed by atoms with van der Waals surface area (Å²) >= 11 is 3.68. The molecule has 0 radical (unpaired) electrons. The quantitative estimate of drug-likeness (QED) is 0.143. The van der Waals surface area contributed by atoms with Gasteiger partial charge in [0.15, 0.2) is 23.2 Å². The van der Waals surface area contributed by atoms with Crippen molar-refractivity contribution in [2.45, 2.75) is 0 Å². The maximum atomic E-state index is 9.40. The van der Waals surface area contributed by atoms with Gasteiger partial charge in [0.05, 0.1) is 40.0 Å². The van der Waals surface area contributed by atoms with Gasteiger partial charge in [-0.3, -0.25) is 0 Å². The molecular weight excluding hydrogens is 1060 g/mol. The molecule has 12 aromatic carbocycles. The molecule has 0 aliphatic rings. The lowest BCUT2D eigenvalue weighted by Gasteiger charge is -2.25. The van der Waals surface area contributed by atoms with E-state index in [0.717, 1.165) is 99.5 Å². The predicted octanol–water partition coefficient (Wildman–Crippen LogP) is 21.4. The van der Waals surface area contributed by atoms with E-state index >= 15 is 0 Å². The summed E-state index contributed by atoms with van der Waals surface area (Å²) < 4.78 is 9.81. The minimum Gasteiger partial charge on any atom is -0.308 e. The molecule has 0 saturated carbocycles. The van der Waals surface area contributed by atoms with E-state index in [-0.39, 0.29) is 0 Å². The van der Waals surface area contributed by atoms with E-state index in [9.17, 15) is 6.57 Å². The Morgan fingerprint density at radius 3 is 1.17 bits per heavy atom. The van der Waals surface area contributed by atoms with Gasteiger partial charge in [-0.15, -0.1) is 22.7 Å². The molecular formula is C76H44N6S2. The Morgan fingerprint density at radius 2 is 0.702 bits per heavy atom. The summed E-state index contributed by atoms with van der Waals surface area (Å²) in [6.45, 7) is 9.40. The molecule has 84 heavy (non-hydrogen) atoms. The Morgan fingerprint density at radius 1 is 0.310 bits per heavy atom. The molecule has 0 amide bonds. The van der Waals surface area contributed by atoms with Crippen molar-refractivity contribution in [1.82, 2.24) is 24.1 Å². The second-order valence-corrected chi connectivity index (χ2v) is 23.4. The highest BCUT2D eigenvalue weighted by molar-refractivity contribution is 7.27. The van der Waals surface area contributed by atoms with Crippen molar-refractivity contribution in [3.8, 4) is 78.9 Å². The molecule has 390 valence electrons. The molecule has 0 fully saturated rings. The molecule has 17 aromatic rings. The predicted molar refractivity (Wildman–Crippen MR) is 353 cm³/mol. The Bertz CT molecular complexity index is 5490. The van der Waals surface area contributed by atoms with Crippen LogP contribution in [0.1, 0.15) is 0 Å². The van der Waals surface area contributed by atoms with Crippen LogP contribution in [-0.2, 0) is 0 Å². The molecule has 5 heterocycles. The number of thiophene rings is 2. The van der Waals surface area contributed by atoms with Crippen LogP contribution in [-0.4, -0.2) is 24.1 Å². The summed E-state index contributed by atoms with van der Waals surface area (Å²) in [6.07, 6.45) is 0. The highest BCUT2D eigenvalue weighted by Crippen LogP contribution is 2.53. The van der Waals surface area contributed by atoms with Gasteiger partial charge in [-0.05, 0) is 82.4 Å². The normalized spacial score (nSPS) is 11.8. The van der Waals surface area contributed by atoms with Crippen LogP contribution in [0.25, 0.3) is 168 Å².